The molecule has 1 aromatic rings. The minimum Gasteiger partial charge on any atom is -0.340 e. The number of allylic oxidation sites excluding steroid dienone is 2. The average molecular weight is 371 g/mol. The van der Waals surface area contributed by atoms with Gasteiger partial charge in [0.2, 0.25) is 11.8 Å². The predicted molar refractivity (Wildman–Crippen MR) is 103 cm³/mol. The molecule has 0 spiro atoms. The Kier molecular flexibility index (Phi) is 5.04. The summed E-state index contributed by atoms with van der Waals surface area (Å²) < 4.78 is 1.79. The van der Waals surface area contributed by atoms with Gasteiger partial charge in [0.25, 0.3) is 0 Å². The maximum absolute atomic E-state index is 13.2. The van der Waals surface area contributed by atoms with E-state index in [0.717, 1.165) is 69.9 Å². The molecule has 3 aliphatic rings. The zero-order valence-corrected chi connectivity index (χ0v) is 16.3. The van der Waals surface area contributed by atoms with Crippen LogP contribution in [0.4, 0.5) is 5.82 Å². The van der Waals surface area contributed by atoms with Gasteiger partial charge in [0.15, 0.2) is 0 Å². The van der Waals surface area contributed by atoms with Gasteiger partial charge in [-0.2, -0.15) is 5.10 Å². The van der Waals surface area contributed by atoms with Crippen molar-refractivity contribution in [1.82, 2.24) is 19.6 Å². The SMILES string of the molecule is Cc1cc(N2CCCC(N3CCN(C(=O)C4CC=CC4)CC3)C2=O)n(C)n1. The highest BCUT2D eigenvalue weighted by molar-refractivity contribution is 5.97. The lowest BCUT2D eigenvalue weighted by Crippen LogP contribution is -2.59. The third-order valence-corrected chi connectivity index (χ3v) is 6.09. The molecular formula is C20H29N5O2. The van der Waals surface area contributed by atoms with Crippen LogP contribution >= 0.6 is 0 Å². The standard InChI is InChI=1S/C20H29N5O2/c1-15-14-18(22(2)21-15)25-9-5-8-17(20(25)27)23-10-12-24(13-11-23)19(26)16-6-3-4-7-16/h3-4,14,16-17H,5-13H2,1-2H3. The highest BCUT2D eigenvalue weighted by atomic mass is 16.2. The highest BCUT2D eigenvalue weighted by Crippen LogP contribution is 2.26. The van der Waals surface area contributed by atoms with Gasteiger partial charge in [-0.1, -0.05) is 12.2 Å². The van der Waals surface area contributed by atoms with E-state index in [1.807, 2.05) is 29.8 Å². The van der Waals surface area contributed by atoms with E-state index in [9.17, 15) is 9.59 Å². The van der Waals surface area contributed by atoms with Gasteiger partial charge >= 0.3 is 0 Å². The number of hydrogen-bond donors (Lipinski definition) is 0. The number of rotatable bonds is 3. The third kappa shape index (κ3) is 3.52. The Balaban J connectivity index is 1.38. The molecule has 3 heterocycles. The number of nitrogens with zero attached hydrogens (tertiary/aromatic N) is 5. The second-order valence-electron chi connectivity index (χ2n) is 7.92. The molecule has 0 aromatic carbocycles. The number of amides is 2. The fourth-order valence-corrected chi connectivity index (χ4v) is 4.60. The fourth-order valence-electron chi connectivity index (χ4n) is 4.60. The van der Waals surface area contributed by atoms with Crippen molar-refractivity contribution in [2.45, 2.75) is 38.6 Å². The summed E-state index contributed by atoms with van der Waals surface area (Å²) in [5.74, 6) is 1.46. The molecule has 7 heteroatoms. The van der Waals surface area contributed by atoms with Crippen LogP contribution in [0.1, 0.15) is 31.4 Å². The number of piperazine rings is 1. The summed E-state index contributed by atoms with van der Waals surface area (Å²) in [5.41, 5.74) is 0.927. The lowest BCUT2D eigenvalue weighted by molar-refractivity contribution is -0.138. The molecule has 0 saturated carbocycles. The molecule has 1 aromatic heterocycles. The molecule has 0 N–H and O–H groups in total. The third-order valence-electron chi connectivity index (χ3n) is 6.09. The maximum atomic E-state index is 13.2. The molecule has 1 unspecified atom stereocenters. The van der Waals surface area contributed by atoms with Crippen molar-refractivity contribution in [3.63, 3.8) is 0 Å². The van der Waals surface area contributed by atoms with E-state index < -0.39 is 0 Å². The molecule has 2 fully saturated rings. The van der Waals surface area contributed by atoms with Crippen molar-refractivity contribution in [3.8, 4) is 0 Å². The smallest absolute Gasteiger partial charge is 0.245 e. The number of aromatic nitrogens is 2. The van der Waals surface area contributed by atoms with Crippen LogP contribution in [0.15, 0.2) is 18.2 Å². The number of aryl methyl sites for hydroxylation is 2. The van der Waals surface area contributed by atoms with Crippen LogP contribution in [0.3, 0.4) is 0 Å². The van der Waals surface area contributed by atoms with E-state index >= 15 is 0 Å². The Morgan fingerprint density at radius 1 is 1.11 bits per heavy atom. The van der Waals surface area contributed by atoms with Gasteiger partial charge in [-0.25, -0.2) is 0 Å². The average Bonchev–Trinajstić information content (AvgIpc) is 3.31. The van der Waals surface area contributed by atoms with Gasteiger partial charge in [-0.15, -0.1) is 0 Å². The lowest BCUT2D eigenvalue weighted by atomic mass is 10.0. The van der Waals surface area contributed by atoms with Crippen molar-refractivity contribution in [3.05, 3.63) is 23.9 Å². The summed E-state index contributed by atoms with van der Waals surface area (Å²) in [6.07, 6.45) is 7.85. The molecule has 2 saturated heterocycles. The molecule has 1 atom stereocenters. The molecule has 0 radical (unpaired) electrons. The molecular weight excluding hydrogens is 342 g/mol. The summed E-state index contributed by atoms with van der Waals surface area (Å²) in [5, 5.41) is 4.39. The van der Waals surface area contributed by atoms with Crippen molar-refractivity contribution in [2.75, 3.05) is 37.6 Å². The quantitative estimate of drug-likeness (QED) is 0.752. The topological polar surface area (TPSA) is 61.7 Å². The Morgan fingerprint density at radius 3 is 2.44 bits per heavy atom. The van der Waals surface area contributed by atoms with E-state index in [1.165, 1.54) is 0 Å². The van der Waals surface area contributed by atoms with Gasteiger partial charge in [-0.3, -0.25) is 24.1 Å². The van der Waals surface area contributed by atoms with E-state index in [-0.39, 0.29) is 23.8 Å². The molecule has 2 amide bonds. The number of hydrogen-bond acceptors (Lipinski definition) is 4. The molecule has 7 nitrogen and oxygen atoms in total. The van der Waals surface area contributed by atoms with Crippen LogP contribution in [0, 0.1) is 12.8 Å². The lowest BCUT2D eigenvalue weighted by Gasteiger charge is -2.42. The van der Waals surface area contributed by atoms with Crippen molar-refractivity contribution >= 4 is 17.6 Å². The van der Waals surface area contributed by atoms with Gasteiger partial charge in [0, 0.05) is 51.8 Å². The largest absolute Gasteiger partial charge is 0.340 e. The Morgan fingerprint density at radius 2 is 1.81 bits per heavy atom. The zero-order chi connectivity index (χ0) is 19.0. The summed E-state index contributed by atoms with van der Waals surface area (Å²) in [6, 6.07) is 1.89. The van der Waals surface area contributed by atoms with Crippen LogP contribution in [0.2, 0.25) is 0 Å². The first-order valence-electron chi connectivity index (χ1n) is 10.0. The molecule has 27 heavy (non-hydrogen) atoms. The van der Waals surface area contributed by atoms with Gasteiger partial charge in [0.05, 0.1) is 11.7 Å². The molecule has 0 bridgehead atoms. The Bertz CT molecular complexity index is 740. The van der Waals surface area contributed by atoms with Crippen molar-refractivity contribution < 1.29 is 9.59 Å². The number of piperidine rings is 1. The van der Waals surface area contributed by atoms with Gasteiger partial charge in [-0.05, 0) is 32.6 Å². The summed E-state index contributed by atoms with van der Waals surface area (Å²) >= 11 is 0. The van der Waals surface area contributed by atoms with Crippen LogP contribution in [-0.4, -0.2) is 70.2 Å². The van der Waals surface area contributed by atoms with E-state index in [1.54, 1.807) is 4.68 Å². The second kappa shape index (κ2) is 7.46. The van der Waals surface area contributed by atoms with E-state index in [4.69, 9.17) is 0 Å². The monoisotopic (exact) mass is 371 g/mol. The predicted octanol–water partition coefficient (Wildman–Crippen LogP) is 1.33. The zero-order valence-electron chi connectivity index (χ0n) is 16.3. The fraction of sp³-hybridized carbons (Fsp3) is 0.650. The van der Waals surface area contributed by atoms with Gasteiger partial charge < -0.3 is 4.90 Å². The molecule has 4 rings (SSSR count). The first-order valence-corrected chi connectivity index (χ1v) is 10.0. The minimum atomic E-state index is -0.0839. The first-order chi connectivity index (χ1) is 13.0. The highest BCUT2D eigenvalue weighted by Gasteiger charge is 2.37. The van der Waals surface area contributed by atoms with Gasteiger partial charge in [0.1, 0.15) is 5.82 Å². The van der Waals surface area contributed by atoms with Crippen molar-refractivity contribution in [2.24, 2.45) is 13.0 Å². The summed E-state index contributed by atoms with van der Waals surface area (Å²) in [7, 11) is 1.89. The number of carbonyl (C=O) groups is 2. The van der Waals surface area contributed by atoms with Crippen LogP contribution < -0.4 is 4.90 Å². The van der Waals surface area contributed by atoms with E-state index in [0.29, 0.717) is 0 Å². The number of anilines is 1. The van der Waals surface area contributed by atoms with Crippen LogP contribution in [0.5, 0.6) is 0 Å². The summed E-state index contributed by atoms with van der Waals surface area (Å²) in [4.78, 5) is 31.9. The van der Waals surface area contributed by atoms with E-state index in [2.05, 4.69) is 22.2 Å². The minimum absolute atomic E-state index is 0.0839. The van der Waals surface area contributed by atoms with Crippen molar-refractivity contribution in [1.29, 1.82) is 0 Å². The van der Waals surface area contributed by atoms with Crippen LogP contribution in [-0.2, 0) is 16.6 Å². The molecule has 1 aliphatic carbocycles. The van der Waals surface area contributed by atoms with Crippen LogP contribution in [0.25, 0.3) is 0 Å². The number of carbonyl (C=O) groups excluding carboxylic acids is 2. The Hall–Kier alpha value is -2.15. The Labute approximate surface area is 160 Å². The maximum Gasteiger partial charge on any atom is 0.245 e. The first kappa shape index (κ1) is 18.2. The second-order valence-corrected chi connectivity index (χ2v) is 7.92. The normalized spacial score (nSPS) is 24.8. The molecule has 146 valence electrons. The molecule has 2 aliphatic heterocycles. The summed E-state index contributed by atoms with van der Waals surface area (Å²) in [6.45, 7) is 5.71.